The van der Waals surface area contributed by atoms with Crippen LogP contribution in [0.15, 0.2) is 0 Å². The van der Waals surface area contributed by atoms with Gasteiger partial charge in [-0.05, 0) is 50.0 Å². The SMILES string of the molecule is O=C(O)CN1CCC2(CCC(CCl)CC2)C1. The Morgan fingerprint density at radius 2 is 2.06 bits per heavy atom. The highest BCUT2D eigenvalue weighted by molar-refractivity contribution is 6.18. The van der Waals surface area contributed by atoms with Gasteiger partial charge in [0.1, 0.15) is 0 Å². The van der Waals surface area contributed by atoms with Crippen molar-refractivity contribution in [3.63, 3.8) is 0 Å². The zero-order valence-corrected chi connectivity index (χ0v) is 10.4. The van der Waals surface area contributed by atoms with Crippen molar-refractivity contribution in [1.29, 1.82) is 0 Å². The Kier molecular flexibility index (Phi) is 3.75. The Balaban J connectivity index is 1.85. The Morgan fingerprint density at radius 3 is 2.62 bits per heavy atom. The van der Waals surface area contributed by atoms with Gasteiger partial charge in [-0.3, -0.25) is 9.69 Å². The Morgan fingerprint density at radius 1 is 1.38 bits per heavy atom. The van der Waals surface area contributed by atoms with Gasteiger partial charge in [-0.15, -0.1) is 11.6 Å². The number of hydrogen-bond donors (Lipinski definition) is 1. The standard InChI is InChI=1S/C12H20ClNO2/c13-7-10-1-3-12(4-2-10)5-6-14(9-12)8-11(15)16/h10H,1-9H2,(H,15,16). The third-order valence-corrected chi connectivity index (χ3v) is 4.70. The lowest BCUT2D eigenvalue weighted by molar-refractivity contribution is -0.138. The summed E-state index contributed by atoms with van der Waals surface area (Å²) in [5.41, 5.74) is 0.415. The van der Waals surface area contributed by atoms with Crippen molar-refractivity contribution in [2.24, 2.45) is 11.3 Å². The molecule has 2 aliphatic rings. The smallest absolute Gasteiger partial charge is 0.317 e. The monoisotopic (exact) mass is 245 g/mol. The summed E-state index contributed by atoms with van der Waals surface area (Å²) < 4.78 is 0. The minimum absolute atomic E-state index is 0.209. The van der Waals surface area contributed by atoms with Crippen LogP contribution in [-0.2, 0) is 4.79 Å². The molecule has 16 heavy (non-hydrogen) atoms. The van der Waals surface area contributed by atoms with Crippen molar-refractivity contribution in [3.8, 4) is 0 Å². The number of alkyl halides is 1. The van der Waals surface area contributed by atoms with Gasteiger partial charge in [0.05, 0.1) is 6.54 Å². The number of likely N-dealkylation sites (tertiary alicyclic amines) is 1. The maximum absolute atomic E-state index is 10.7. The van der Waals surface area contributed by atoms with Crippen LogP contribution in [0.5, 0.6) is 0 Å². The summed E-state index contributed by atoms with van der Waals surface area (Å²) in [7, 11) is 0. The molecule has 2 fully saturated rings. The predicted octanol–water partition coefficient (Wildman–Crippen LogP) is 2.19. The van der Waals surface area contributed by atoms with Gasteiger partial charge in [0, 0.05) is 12.4 Å². The summed E-state index contributed by atoms with van der Waals surface area (Å²) >= 11 is 5.88. The summed E-state index contributed by atoms with van der Waals surface area (Å²) in [6.45, 7) is 2.15. The molecule has 3 nitrogen and oxygen atoms in total. The van der Waals surface area contributed by atoms with Crippen LogP contribution in [0.25, 0.3) is 0 Å². The number of hydrogen-bond acceptors (Lipinski definition) is 2. The van der Waals surface area contributed by atoms with E-state index in [0.717, 1.165) is 19.0 Å². The lowest BCUT2D eigenvalue weighted by Gasteiger charge is -2.36. The molecule has 1 heterocycles. The average molecular weight is 246 g/mol. The van der Waals surface area contributed by atoms with Crippen LogP contribution >= 0.6 is 11.6 Å². The summed E-state index contributed by atoms with van der Waals surface area (Å²) in [6, 6.07) is 0. The molecule has 0 atom stereocenters. The van der Waals surface area contributed by atoms with E-state index in [-0.39, 0.29) is 6.54 Å². The van der Waals surface area contributed by atoms with Gasteiger partial charge < -0.3 is 5.11 Å². The van der Waals surface area contributed by atoms with E-state index in [4.69, 9.17) is 16.7 Å². The third-order valence-electron chi connectivity index (χ3n) is 4.26. The number of carboxylic acid groups (broad SMARTS) is 1. The number of nitrogens with zero attached hydrogens (tertiary/aromatic N) is 1. The van der Waals surface area contributed by atoms with Crippen molar-refractivity contribution in [1.82, 2.24) is 4.90 Å². The van der Waals surface area contributed by atoms with Crippen LogP contribution < -0.4 is 0 Å². The minimum atomic E-state index is -0.702. The Hall–Kier alpha value is -0.280. The molecule has 0 radical (unpaired) electrons. The molecule has 1 N–H and O–H groups in total. The lowest BCUT2D eigenvalue weighted by Crippen LogP contribution is -2.33. The number of carbonyl (C=O) groups is 1. The largest absolute Gasteiger partial charge is 0.480 e. The Bertz CT molecular complexity index is 262. The van der Waals surface area contributed by atoms with E-state index >= 15 is 0 Å². The van der Waals surface area contributed by atoms with E-state index < -0.39 is 5.97 Å². The molecule has 0 unspecified atom stereocenters. The van der Waals surface area contributed by atoms with E-state index in [1.165, 1.54) is 32.1 Å². The van der Waals surface area contributed by atoms with Gasteiger partial charge in [0.2, 0.25) is 0 Å². The molecule has 4 heteroatoms. The number of halogens is 1. The van der Waals surface area contributed by atoms with Crippen molar-refractivity contribution in [2.75, 3.05) is 25.5 Å². The molecule has 1 aliphatic heterocycles. The summed E-state index contributed by atoms with van der Waals surface area (Å²) in [5, 5.41) is 8.78. The molecule has 0 aromatic carbocycles. The number of carboxylic acids is 1. The average Bonchev–Trinajstić information content (AvgIpc) is 2.62. The first kappa shape index (κ1) is 12.2. The molecule has 1 aliphatic carbocycles. The molecule has 0 bridgehead atoms. The van der Waals surface area contributed by atoms with Gasteiger partial charge >= 0.3 is 5.97 Å². The molecular weight excluding hydrogens is 226 g/mol. The molecule has 0 aromatic rings. The first-order valence-electron chi connectivity index (χ1n) is 6.14. The molecule has 1 saturated carbocycles. The van der Waals surface area contributed by atoms with E-state index in [2.05, 4.69) is 4.90 Å². The molecule has 0 aromatic heterocycles. The summed E-state index contributed by atoms with van der Waals surface area (Å²) in [5.74, 6) is 0.780. The normalized spacial score (nSPS) is 35.7. The van der Waals surface area contributed by atoms with Gasteiger partial charge in [0.25, 0.3) is 0 Å². The van der Waals surface area contributed by atoms with E-state index in [0.29, 0.717) is 11.3 Å². The third kappa shape index (κ3) is 2.69. The highest BCUT2D eigenvalue weighted by Gasteiger charge is 2.40. The van der Waals surface area contributed by atoms with Crippen molar-refractivity contribution in [2.45, 2.75) is 32.1 Å². The van der Waals surface area contributed by atoms with E-state index in [9.17, 15) is 4.79 Å². The second-order valence-corrected chi connectivity index (χ2v) is 5.76. The van der Waals surface area contributed by atoms with Gasteiger partial charge in [-0.2, -0.15) is 0 Å². The molecule has 0 amide bonds. The maximum atomic E-state index is 10.7. The first-order valence-corrected chi connectivity index (χ1v) is 6.67. The first-order chi connectivity index (χ1) is 7.63. The van der Waals surface area contributed by atoms with Crippen LogP contribution in [0.1, 0.15) is 32.1 Å². The molecular formula is C12H20ClNO2. The topological polar surface area (TPSA) is 40.5 Å². The van der Waals surface area contributed by atoms with Crippen LogP contribution in [0, 0.1) is 11.3 Å². The second-order valence-electron chi connectivity index (χ2n) is 5.45. The fourth-order valence-electron chi connectivity index (χ4n) is 3.21. The lowest BCUT2D eigenvalue weighted by atomic mass is 9.70. The number of aliphatic carboxylic acids is 1. The zero-order valence-electron chi connectivity index (χ0n) is 9.62. The second kappa shape index (κ2) is 4.92. The summed E-state index contributed by atoms with van der Waals surface area (Å²) in [4.78, 5) is 12.8. The van der Waals surface area contributed by atoms with E-state index in [1.54, 1.807) is 0 Å². The predicted molar refractivity (Wildman–Crippen MR) is 63.8 cm³/mol. The van der Waals surface area contributed by atoms with Crippen LogP contribution in [0.4, 0.5) is 0 Å². The zero-order chi connectivity index (χ0) is 11.6. The quantitative estimate of drug-likeness (QED) is 0.775. The highest BCUT2D eigenvalue weighted by atomic mass is 35.5. The van der Waals surface area contributed by atoms with Crippen molar-refractivity contribution in [3.05, 3.63) is 0 Å². The Labute approximate surface area is 102 Å². The highest BCUT2D eigenvalue weighted by Crippen LogP contribution is 2.45. The fourth-order valence-corrected chi connectivity index (χ4v) is 3.51. The molecule has 1 spiro atoms. The molecule has 92 valence electrons. The number of rotatable bonds is 3. The minimum Gasteiger partial charge on any atom is -0.480 e. The van der Waals surface area contributed by atoms with Crippen LogP contribution in [0.3, 0.4) is 0 Å². The summed E-state index contributed by atoms with van der Waals surface area (Å²) in [6.07, 6.45) is 6.10. The fraction of sp³-hybridized carbons (Fsp3) is 0.917. The van der Waals surface area contributed by atoms with Crippen molar-refractivity contribution >= 4 is 17.6 Å². The van der Waals surface area contributed by atoms with Gasteiger partial charge in [-0.1, -0.05) is 0 Å². The van der Waals surface area contributed by atoms with Gasteiger partial charge in [0.15, 0.2) is 0 Å². The van der Waals surface area contributed by atoms with Crippen molar-refractivity contribution < 1.29 is 9.90 Å². The van der Waals surface area contributed by atoms with Gasteiger partial charge in [-0.25, -0.2) is 0 Å². The maximum Gasteiger partial charge on any atom is 0.317 e. The van der Waals surface area contributed by atoms with E-state index in [1.807, 2.05) is 0 Å². The van der Waals surface area contributed by atoms with Crippen LogP contribution in [0.2, 0.25) is 0 Å². The molecule has 1 saturated heterocycles. The molecule has 2 rings (SSSR count). The van der Waals surface area contributed by atoms with Crippen LogP contribution in [-0.4, -0.2) is 41.5 Å².